The smallest absolute Gasteiger partial charge is 0.255 e. The van der Waals surface area contributed by atoms with Gasteiger partial charge in [-0.15, -0.1) is 0 Å². The summed E-state index contributed by atoms with van der Waals surface area (Å²) in [6.45, 7) is 1.09. The van der Waals surface area contributed by atoms with Gasteiger partial charge in [0.15, 0.2) is 5.65 Å². The zero-order valence-electron chi connectivity index (χ0n) is 16.6. The fourth-order valence-electron chi connectivity index (χ4n) is 3.81. The summed E-state index contributed by atoms with van der Waals surface area (Å²) < 4.78 is 7.89. The van der Waals surface area contributed by atoms with E-state index in [1.807, 2.05) is 41.0 Å². The highest BCUT2D eigenvalue weighted by Gasteiger charge is 2.25. The molecule has 0 spiro atoms. The van der Waals surface area contributed by atoms with Crippen LogP contribution in [0.15, 0.2) is 67.3 Å². The van der Waals surface area contributed by atoms with Crippen molar-refractivity contribution in [2.45, 2.75) is 19.1 Å². The molecule has 1 atom stereocenters. The van der Waals surface area contributed by atoms with Gasteiger partial charge in [0, 0.05) is 25.9 Å². The summed E-state index contributed by atoms with van der Waals surface area (Å²) in [5, 5.41) is 0. The quantitative estimate of drug-likeness (QED) is 0.516. The molecule has 0 radical (unpaired) electrons. The summed E-state index contributed by atoms with van der Waals surface area (Å²) in [6.07, 6.45) is 5.88. The van der Waals surface area contributed by atoms with Gasteiger partial charge < -0.3 is 14.2 Å². The third-order valence-corrected chi connectivity index (χ3v) is 5.30. The molecule has 7 nitrogen and oxygen atoms in total. The van der Waals surface area contributed by atoms with Crippen LogP contribution in [0.25, 0.3) is 11.2 Å². The lowest BCUT2D eigenvalue weighted by Gasteiger charge is -2.21. The molecule has 4 heterocycles. The predicted molar refractivity (Wildman–Crippen MR) is 112 cm³/mol. The maximum Gasteiger partial charge on any atom is 0.255 e. The lowest BCUT2D eigenvalue weighted by Crippen LogP contribution is -2.36. The third-order valence-electron chi connectivity index (χ3n) is 5.30. The highest BCUT2D eigenvalue weighted by Crippen LogP contribution is 2.28. The first-order chi connectivity index (χ1) is 14.7. The number of benzene rings is 1. The minimum absolute atomic E-state index is 0.0365. The molecule has 0 N–H and O–H groups in total. The second-order valence-corrected chi connectivity index (χ2v) is 7.50. The van der Waals surface area contributed by atoms with Gasteiger partial charge in [-0.1, -0.05) is 24.3 Å². The molecular formula is C23H21N5O2. The van der Waals surface area contributed by atoms with Crippen molar-refractivity contribution in [3.8, 4) is 5.75 Å². The number of aromatic nitrogens is 4. The van der Waals surface area contributed by atoms with E-state index in [-0.39, 0.29) is 12.0 Å². The summed E-state index contributed by atoms with van der Waals surface area (Å²) in [5.74, 6) is 0.813. The molecule has 1 aliphatic rings. The number of hydrogen-bond acceptors (Lipinski definition) is 5. The molecule has 3 aromatic heterocycles. The van der Waals surface area contributed by atoms with Crippen molar-refractivity contribution in [3.05, 3.63) is 84.1 Å². The largest absolute Gasteiger partial charge is 0.488 e. The number of amides is 1. The van der Waals surface area contributed by atoms with Gasteiger partial charge in [0.2, 0.25) is 0 Å². The summed E-state index contributed by atoms with van der Waals surface area (Å²) in [4.78, 5) is 27.9. The van der Waals surface area contributed by atoms with Crippen LogP contribution < -0.4 is 4.74 Å². The van der Waals surface area contributed by atoms with Crippen molar-refractivity contribution in [1.29, 1.82) is 0 Å². The number of likely N-dealkylation sites (N-methyl/N-ethyl adjacent to an activating group) is 1. The average molecular weight is 399 g/mol. The normalized spacial score (nSPS) is 15.0. The van der Waals surface area contributed by atoms with E-state index in [2.05, 4.69) is 21.0 Å². The van der Waals surface area contributed by atoms with Gasteiger partial charge in [0.25, 0.3) is 5.91 Å². The minimum atomic E-state index is -0.0942. The maximum atomic E-state index is 12.9. The van der Waals surface area contributed by atoms with E-state index < -0.39 is 0 Å². The van der Waals surface area contributed by atoms with Crippen molar-refractivity contribution >= 4 is 17.1 Å². The predicted octanol–water partition coefficient (Wildman–Crippen LogP) is 2.95. The summed E-state index contributed by atoms with van der Waals surface area (Å²) in [7, 11) is 1.79. The first-order valence-electron chi connectivity index (χ1n) is 9.88. The van der Waals surface area contributed by atoms with Crippen molar-refractivity contribution in [3.63, 3.8) is 0 Å². The van der Waals surface area contributed by atoms with Crippen molar-refractivity contribution in [2.75, 3.05) is 13.6 Å². The Bertz CT molecular complexity index is 1180. The minimum Gasteiger partial charge on any atom is -0.488 e. The van der Waals surface area contributed by atoms with E-state index in [0.717, 1.165) is 23.5 Å². The van der Waals surface area contributed by atoms with Gasteiger partial charge in [-0.3, -0.25) is 9.78 Å². The molecule has 1 unspecified atom stereocenters. The zero-order chi connectivity index (χ0) is 20.5. The fourth-order valence-corrected chi connectivity index (χ4v) is 3.81. The Kier molecular flexibility index (Phi) is 4.63. The number of hydrogen-bond donors (Lipinski definition) is 0. The molecule has 0 saturated carbocycles. The highest BCUT2D eigenvalue weighted by molar-refractivity contribution is 5.96. The van der Waals surface area contributed by atoms with Crippen molar-refractivity contribution in [2.24, 2.45) is 0 Å². The molecule has 0 fully saturated rings. The van der Waals surface area contributed by atoms with Gasteiger partial charge in [-0.2, -0.15) is 0 Å². The fraction of sp³-hybridized carbons (Fsp3) is 0.217. The number of fused-ring (bicyclic) bond motifs is 2. The van der Waals surface area contributed by atoms with Crippen LogP contribution in [0.3, 0.4) is 0 Å². The number of pyridine rings is 2. The first-order valence-corrected chi connectivity index (χ1v) is 9.88. The van der Waals surface area contributed by atoms with Crippen LogP contribution in [0, 0.1) is 0 Å². The van der Waals surface area contributed by atoms with E-state index in [1.54, 1.807) is 36.7 Å². The second-order valence-electron chi connectivity index (χ2n) is 7.50. The van der Waals surface area contributed by atoms with E-state index in [1.165, 1.54) is 5.56 Å². The number of imidazole rings is 1. The topological polar surface area (TPSA) is 73.1 Å². The number of para-hydroxylation sites is 1. The van der Waals surface area contributed by atoms with Crippen LogP contribution in [-0.2, 0) is 13.0 Å². The molecule has 7 heteroatoms. The van der Waals surface area contributed by atoms with Gasteiger partial charge >= 0.3 is 0 Å². The van der Waals surface area contributed by atoms with Crippen LogP contribution in [0.5, 0.6) is 5.75 Å². The van der Waals surface area contributed by atoms with Gasteiger partial charge in [-0.05, 0) is 29.8 Å². The number of ether oxygens (including phenoxy) is 1. The molecule has 1 amide bonds. The monoisotopic (exact) mass is 399 g/mol. The van der Waals surface area contributed by atoms with Crippen LogP contribution in [0.2, 0.25) is 0 Å². The van der Waals surface area contributed by atoms with E-state index >= 15 is 0 Å². The molecule has 1 aromatic carbocycles. The molecule has 150 valence electrons. The summed E-state index contributed by atoms with van der Waals surface area (Å²) >= 11 is 0. The van der Waals surface area contributed by atoms with Gasteiger partial charge in [0.05, 0.1) is 30.7 Å². The third kappa shape index (κ3) is 3.50. The standard InChI is InChI=1S/C23H21N5O2/c1-27(14-19-10-16-6-2-3-8-21(16)30-19)23(29)17-11-20-22(25-12-17)28(15-26-20)13-18-7-4-5-9-24-18/h2-9,11-12,15,19H,10,13-14H2,1H3. The van der Waals surface area contributed by atoms with E-state index in [0.29, 0.717) is 24.2 Å². The summed E-state index contributed by atoms with van der Waals surface area (Å²) in [6, 6.07) is 15.6. The van der Waals surface area contributed by atoms with E-state index in [4.69, 9.17) is 4.74 Å². The Morgan fingerprint density at radius 3 is 2.87 bits per heavy atom. The number of rotatable bonds is 5. The van der Waals surface area contributed by atoms with Crippen LogP contribution in [0.4, 0.5) is 0 Å². The molecule has 0 saturated heterocycles. The Morgan fingerprint density at radius 1 is 1.17 bits per heavy atom. The SMILES string of the molecule is CN(CC1Cc2ccccc2O1)C(=O)c1cnc2c(c1)ncn2Cc1ccccn1. The lowest BCUT2D eigenvalue weighted by molar-refractivity contribution is 0.0730. The van der Waals surface area contributed by atoms with Gasteiger partial charge in [0.1, 0.15) is 17.4 Å². The number of nitrogens with zero attached hydrogens (tertiary/aromatic N) is 5. The molecule has 5 rings (SSSR count). The summed E-state index contributed by atoms with van der Waals surface area (Å²) in [5.41, 5.74) is 4.05. The van der Waals surface area contributed by atoms with Crippen molar-refractivity contribution in [1.82, 2.24) is 24.4 Å². The number of carbonyl (C=O) groups is 1. The van der Waals surface area contributed by atoms with Crippen LogP contribution >= 0.6 is 0 Å². The first kappa shape index (κ1) is 18.3. The van der Waals surface area contributed by atoms with E-state index in [9.17, 15) is 4.79 Å². The second kappa shape index (κ2) is 7.59. The average Bonchev–Trinajstić information content (AvgIpc) is 3.37. The highest BCUT2D eigenvalue weighted by atomic mass is 16.5. The van der Waals surface area contributed by atoms with Gasteiger partial charge in [-0.25, -0.2) is 9.97 Å². The molecular weight excluding hydrogens is 378 g/mol. The molecule has 1 aliphatic heterocycles. The molecule has 30 heavy (non-hydrogen) atoms. The Balaban J connectivity index is 1.29. The number of carbonyl (C=O) groups excluding carboxylic acids is 1. The zero-order valence-corrected chi connectivity index (χ0v) is 16.6. The molecule has 4 aromatic rings. The van der Waals surface area contributed by atoms with Crippen LogP contribution in [0.1, 0.15) is 21.6 Å². The lowest BCUT2D eigenvalue weighted by atomic mass is 10.1. The molecule has 0 bridgehead atoms. The Labute approximate surface area is 174 Å². The van der Waals surface area contributed by atoms with Crippen LogP contribution in [-0.4, -0.2) is 50.0 Å². The molecule has 0 aliphatic carbocycles. The maximum absolute atomic E-state index is 12.9. The Hall–Kier alpha value is -3.74. The Morgan fingerprint density at radius 2 is 2.03 bits per heavy atom. The van der Waals surface area contributed by atoms with Crippen molar-refractivity contribution < 1.29 is 9.53 Å².